The van der Waals surface area contributed by atoms with Gasteiger partial charge in [-0.15, -0.1) is 11.3 Å². The van der Waals surface area contributed by atoms with Gasteiger partial charge >= 0.3 is 0 Å². The first-order chi connectivity index (χ1) is 8.60. The fourth-order valence-electron chi connectivity index (χ4n) is 1.45. The molecule has 0 radical (unpaired) electrons. The van der Waals surface area contributed by atoms with Crippen molar-refractivity contribution >= 4 is 22.9 Å². The SMILES string of the molecule is Cc1nc(COc2cc(F)c(CO)c(Cl)c2)cs1. The van der Waals surface area contributed by atoms with Gasteiger partial charge < -0.3 is 9.84 Å². The molecule has 0 bridgehead atoms. The van der Waals surface area contributed by atoms with Crippen LogP contribution in [0.3, 0.4) is 0 Å². The molecule has 0 aliphatic rings. The van der Waals surface area contributed by atoms with Crippen LogP contribution in [0.2, 0.25) is 5.02 Å². The summed E-state index contributed by atoms with van der Waals surface area (Å²) in [7, 11) is 0. The highest BCUT2D eigenvalue weighted by atomic mass is 35.5. The zero-order chi connectivity index (χ0) is 13.1. The maximum atomic E-state index is 13.5. The lowest BCUT2D eigenvalue weighted by atomic mass is 10.2. The van der Waals surface area contributed by atoms with E-state index in [0.29, 0.717) is 5.75 Å². The monoisotopic (exact) mass is 287 g/mol. The zero-order valence-corrected chi connectivity index (χ0v) is 11.2. The van der Waals surface area contributed by atoms with Crippen molar-refractivity contribution in [2.75, 3.05) is 0 Å². The fraction of sp³-hybridized carbons (Fsp3) is 0.250. The quantitative estimate of drug-likeness (QED) is 0.938. The molecule has 3 nitrogen and oxygen atoms in total. The van der Waals surface area contributed by atoms with E-state index in [1.54, 1.807) is 0 Å². The summed E-state index contributed by atoms with van der Waals surface area (Å²) in [6.07, 6.45) is 0. The summed E-state index contributed by atoms with van der Waals surface area (Å²) < 4.78 is 18.9. The summed E-state index contributed by atoms with van der Waals surface area (Å²) >= 11 is 7.35. The van der Waals surface area contributed by atoms with E-state index in [0.717, 1.165) is 10.7 Å². The van der Waals surface area contributed by atoms with Crippen LogP contribution in [0.1, 0.15) is 16.3 Å². The second kappa shape index (κ2) is 5.65. The molecule has 0 saturated carbocycles. The molecule has 1 aromatic carbocycles. The van der Waals surface area contributed by atoms with Crippen LogP contribution >= 0.6 is 22.9 Å². The molecule has 96 valence electrons. The summed E-state index contributed by atoms with van der Waals surface area (Å²) in [5.41, 5.74) is 0.869. The number of nitrogens with zero attached hydrogens (tertiary/aromatic N) is 1. The van der Waals surface area contributed by atoms with Gasteiger partial charge in [-0.2, -0.15) is 0 Å². The minimum absolute atomic E-state index is 0.0773. The van der Waals surface area contributed by atoms with Crippen molar-refractivity contribution in [3.63, 3.8) is 0 Å². The first kappa shape index (κ1) is 13.3. The van der Waals surface area contributed by atoms with Crippen LogP contribution in [0.15, 0.2) is 17.5 Å². The number of rotatable bonds is 4. The Hall–Kier alpha value is -1.17. The highest BCUT2D eigenvalue weighted by Gasteiger charge is 2.10. The topological polar surface area (TPSA) is 42.4 Å². The third-order valence-corrected chi connectivity index (χ3v) is 3.49. The Morgan fingerprint density at radius 1 is 1.50 bits per heavy atom. The third kappa shape index (κ3) is 2.98. The van der Waals surface area contributed by atoms with Crippen molar-refractivity contribution < 1.29 is 14.2 Å². The highest BCUT2D eigenvalue weighted by molar-refractivity contribution is 7.09. The van der Waals surface area contributed by atoms with Crippen LogP contribution in [-0.4, -0.2) is 10.1 Å². The Labute approximate surface area is 113 Å². The number of hydrogen-bond donors (Lipinski definition) is 1. The van der Waals surface area contributed by atoms with Gasteiger partial charge in [0.05, 0.1) is 22.3 Å². The van der Waals surface area contributed by atoms with Crippen molar-refractivity contribution in [1.82, 2.24) is 4.98 Å². The molecule has 2 aromatic rings. The van der Waals surface area contributed by atoms with E-state index in [1.807, 2.05) is 12.3 Å². The molecule has 1 N–H and O–H groups in total. The Morgan fingerprint density at radius 2 is 2.28 bits per heavy atom. The predicted molar refractivity (Wildman–Crippen MR) is 68.5 cm³/mol. The summed E-state index contributed by atoms with van der Waals surface area (Å²) in [5.74, 6) is -0.255. The highest BCUT2D eigenvalue weighted by Crippen LogP contribution is 2.26. The Morgan fingerprint density at radius 3 is 2.83 bits per heavy atom. The Balaban J connectivity index is 2.10. The maximum Gasteiger partial charge on any atom is 0.133 e. The molecule has 0 saturated heterocycles. The Kier molecular flexibility index (Phi) is 4.16. The minimum Gasteiger partial charge on any atom is -0.487 e. The van der Waals surface area contributed by atoms with Gasteiger partial charge in [-0.3, -0.25) is 0 Å². The molecule has 6 heteroatoms. The normalized spacial score (nSPS) is 10.7. The van der Waals surface area contributed by atoms with Crippen LogP contribution in [0.5, 0.6) is 5.75 Å². The van der Waals surface area contributed by atoms with Gasteiger partial charge in [-0.25, -0.2) is 9.37 Å². The van der Waals surface area contributed by atoms with E-state index < -0.39 is 12.4 Å². The molecule has 1 heterocycles. The fourth-order valence-corrected chi connectivity index (χ4v) is 2.30. The zero-order valence-electron chi connectivity index (χ0n) is 9.61. The van der Waals surface area contributed by atoms with Gasteiger partial charge in [-0.05, 0) is 13.0 Å². The minimum atomic E-state index is -0.575. The molecular formula is C12H11ClFNO2S. The first-order valence-corrected chi connectivity index (χ1v) is 6.48. The number of ether oxygens (including phenoxy) is 1. The second-order valence-corrected chi connectivity index (χ2v) is 5.14. The van der Waals surface area contributed by atoms with Crippen LogP contribution in [0, 0.1) is 12.7 Å². The predicted octanol–water partition coefficient (Wildman–Crippen LogP) is 3.32. The van der Waals surface area contributed by atoms with E-state index in [4.69, 9.17) is 21.4 Å². The number of aliphatic hydroxyl groups excluding tert-OH is 1. The molecule has 0 unspecified atom stereocenters. The Bertz CT molecular complexity index is 536. The molecule has 0 amide bonds. The smallest absolute Gasteiger partial charge is 0.133 e. The summed E-state index contributed by atoms with van der Waals surface area (Å²) in [6.45, 7) is 1.73. The standard InChI is InChI=1S/C12H11ClFNO2S/c1-7-15-8(6-18-7)5-17-9-2-11(13)10(4-16)12(14)3-9/h2-3,6,16H,4-5H2,1H3. The van der Waals surface area contributed by atoms with Crippen molar-refractivity contribution in [3.8, 4) is 5.75 Å². The van der Waals surface area contributed by atoms with Crippen LogP contribution in [-0.2, 0) is 13.2 Å². The van der Waals surface area contributed by atoms with Crippen molar-refractivity contribution in [3.05, 3.63) is 44.6 Å². The number of aliphatic hydroxyl groups is 1. The molecule has 2 rings (SSSR count). The summed E-state index contributed by atoms with van der Waals surface area (Å²) in [4.78, 5) is 4.23. The maximum absolute atomic E-state index is 13.5. The lowest BCUT2D eigenvalue weighted by Gasteiger charge is -2.08. The largest absolute Gasteiger partial charge is 0.487 e. The van der Waals surface area contributed by atoms with E-state index in [9.17, 15) is 4.39 Å². The van der Waals surface area contributed by atoms with Crippen LogP contribution in [0.4, 0.5) is 4.39 Å². The summed E-state index contributed by atoms with van der Waals surface area (Å²) in [6, 6.07) is 2.69. The molecule has 0 spiro atoms. The van der Waals surface area contributed by atoms with Gasteiger partial charge in [0, 0.05) is 17.0 Å². The first-order valence-electron chi connectivity index (χ1n) is 5.22. The van der Waals surface area contributed by atoms with Crippen LogP contribution in [0.25, 0.3) is 0 Å². The van der Waals surface area contributed by atoms with E-state index >= 15 is 0 Å². The van der Waals surface area contributed by atoms with E-state index in [1.165, 1.54) is 23.5 Å². The van der Waals surface area contributed by atoms with E-state index in [-0.39, 0.29) is 17.2 Å². The number of aryl methyl sites for hydroxylation is 1. The van der Waals surface area contributed by atoms with Crippen molar-refractivity contribution in [2.24, 2.45) is 0 Å². The molecule has 1 aromatic heterocycles. The number of hydrogen-bond acceptors (Lipinski definition) is 4. The average Bonchev–Trinajstić information content (AvgIpc) is 2.72. The second-order valence-electron chi connectivity index (χ2n) is 3.67. The van der Waals surface area contributed by atoms with Gasteiger partial charge in [-0.1, -0.05) is 11.6 Å². The molecule has 0 aliphatic heterocycles. The lowest BCUT2D eigenvalue weighted by Crippen LogP contribution is -1.98. The number of benzene rings is 1. The lowest BCUT2D eigenvalue weighted by molar-refractivity contribution is 0.273. The molecular weight excluding hydrogens is 277 g/mol. The number of thiazole rings is 1. The van der Waals surface area contributed by atoms with Gasteiger partial charge in [0.15, 0.2) is 0 Å². The van der Waals surface area contributed by atoms with Crippen molar-refractivity contribution in [2.45, 2.75) is 20.1 Å². The van der Waals surface area contributed by atoms with Crippen LogP contribution < -0.4 is 4.74 Å². The van der Waals surface area contributed by atoms with Gasteiger partial charge in [0.1, 0.15) is 18.2 Å². The average molecular weight is 288 g/mol. The third-order valence-electron chi connectivity index (χ3n) is 2.33. The van der Waals surface area contributed by atoms with Gasteiger partial charge in [0.2, 0.25) is 0 Å². The molecule has 0 atom stereocenters. The van der Waals surface area contributed by atoms with Gasteiger partial charge in [0.25, 0.3) is 0 Å². The van der Waals surface area contributed by atoms with E-state index in [2.05, 4.69) is 4.98 Å². The summed E-state index contributed by atoms with van der Waals surface area (Å²) in [5, 5.41) is 11.9. The molecule has 0 aliphatic carbocycles. The molecule has 0 fully saturated rings. The number of aromatic nitrogens is 1. The van der Waals surface area contributed by atoms with Crippen molar-refractivity contribution in [1.29, 1.82) is 0 Å². The molecule has 18 heavy (non-hydrogen) atoms. The number of halogens is 2.